The van der Waals surface area contributed by atoms with E-state index in [4.69, 9.17) is 0 Å². The molecular weight excluding hydrogens is 266 g/mol. The van der Waals surface area contributed by atoms with Crippen LogP contribution in [-0.2, 0) is 7.05 Å². The lowest BCUT2D eigenvalue weighted by Crippen LogP contribution is -2.10. The minimum absolute atomic E-state index is 0.251. The maximum absolute atomic E-state index is 11.6. The second-order valence-electron chi connectivity index (χ2n) is 5.06. The van der Waals surface area contributed by atoms with Gasteiger partial charge < -0.3 is 15.0 Å². The Hall–Kier alpha value is -2.56. The third-order valence-corrected chi connectivity index (χ3v) is 3.78. The second kappa shape index (κ2) is 4.77. The van der Waals surface area contributed by atoms with E-state index in [1.165, 1.54) is 0 Å². The Morgan fingerprint density at radius 3 is 2.76 bits per heavy atom. The normalized spacial score (nSPS) is 11.2. The number of carbonyl (C=O) groups is 1. The third-order valence-electron chi connectivity index (χ3n) is 3.78. The topological polar surface area (TPSA) is 67.2 Å². The highest BCUT2D eigenvalue weighted by Gasteiger charge is 2.22. The van der Waals surface area contributed by atoms with Gasteiger partial charge in [0.2, 0.25) is 0 Å². The van der Waals surface area contributed by atoms with Gasteiger partial charge in [-0.05, 0) is 19.9 Å². The average Bonchev–Trinajstić information content (AvgIpc) is 2.72. The largest absolute Gasteiger partial charge is 0.478 e. The molecule has 0 amide bonds. The van der Waals surface area contributed by atoms with Crippen molar-refractivity contribution < 1.29 is 9.90 Å². The van der Waals surface area contributed by atoms with Crippen LogP contribution < -0.4 is 5.32 Å². The zero-order valence-corrected chi connectivity index (χ0v) is 12.3. The Labute approximate surface area is 122 Å². The maximum atomic E-state index is 11.6. The molecule has 108 valence electrons. The van der Waals surface area contributed by atoms with E-state index >= 15 is 0 Å². The molecule has 2 N–H and O–H groups in total. The summed E-state index contributed by atoms with van der Waals surface area (Å²) in [6.45, 7) is 4.35. The Balaban J connectivity index is 2.57. The van der Waals surface area contributed by atoms with E-state index in [2.05, 4.69) is 10.3 Å². The van der Waals surface area contributed by atoms with E-state index in [1.54, 1.807) is 6.92 Å². The van der Waals surface area contributed by atoms with E-state index < -0.39 is 5.97 Å². The van der Waals surface area contributed by atoms with Crippen LogP contribution in [0.15, 0.2) is 24.3 Å². The number of para-hydroxylation sites is 1. The monoisotopic (exact) mass is 283 g/mol. The molecule has 21 heavy (non-hydrogen) atoms. The van der Waals surface area contributed by atoms with Crippen molar-refractivity contribution in [2.45, 2.75) is 13.8 Å². The Kier molecular flexibility index (Phi) is 3.05. The van der Waals surface area contributed by atoms with Gasteiger partial charge in [0, 0.05) is 19.0 Å². The lowest BCUT2D eigenvalue weighted by molar-refractivity contribution is 0.0697. The molecule has 5 nitrogen and oxygen atoms in total. The zero-order chi connectivity index (χ0) is 15.1. The number of carboxylic acid groups (broad SMARTS) is 1. The molecule has 0 spiro atoms. The van der Waals surface area contributed by atoms with Crippen LogP contribution in [0.1, 0.15) is 23.0 Å². The van der Waals surface area contributed by atoms with Gasteiger partial charge in [-0.3, -0.25) is 0 Å². The SMILES string of the molecule is CCNc1c(C(=O)O)c(C)nc2c1c1ccccc1n2C. The van der Waals surface area contributed by atoms with Gasteiger partial charge in [-0.1, -0.05) is 18.2 Å². The number of fused-ring (bicyclic) bond motifs is 3. The summed E-state index contributed by atoms with van der Waals surface area (Å²) in [4.78, 5) is 16.1. The highest BCUT2D eigenvalue weighted by Crippen LogP contribution is 2.35. The number of hydrogen-bond acceptors (Lipinski definition) is 3. The first-order chi connectivity index (χ1) is 10.1. The maximum Gasteiger partial charge on any atom is 0.339 e. The molecule has 0 bridgehead atoms. The van der Waals surface area contributed by atoms with Gasteiger partial charge >= 0.3 is 5.97 Å². The summed E-state index contributed by atoms with van der Waals surface area (Å²) in [7, 11) is 1.95. The van der Waals surface area contributed by atoms with E-state index in [-0.39, 0.29) is 5.56 Å². The number of rotatable bonds is 3. The van der Waals surface area contributed by atoms with Crippen LogP contribution in [0, 0.1) is 6.92 Å². The summed E-state index contributed by atoms with van der Waals surface area (Å²) in [6.07, 6.45) is 0. The van der Waals surface area contributed by atoms with Crippen LogP contribution in [0.2, 0.25) is 0 Å². The van der Waals surface area contributed by atoms with Gasteiger partial charge in [0.1, 0.15) is 11.2 Å². The minimum atomic E-state index is -0.953. The van der Waals surface area contributed by atoms with Gasteiger partial charge in [0.25, 0.3) is 0 Å². The first kappa shape index (κ1) is 13.4. The van der Waals surface area contributed by atoms with Crippen molar-refractivity contribution in [3.63, 3.8) is 0 Å². The van der Waals surface area contributed by atoms with Crippen molar-refractivity contribution in [3.8, 4) is 0 Å². The molecule has 0 saturated carbocycles. The molecule has 3 aromatic rings. The molecule has 2 aromatic heterocycles. The Morgan fingerprint density at radius 1 is 1.38 bits per heavy atom. The predicted molar refractivity (Wildman–Crippen MR) is 84.1 cm³/mol. The summed E-state index contributed by atoms with van der Waals surface area (Å²) < 4.78 is 2.00. The number of aromatic nitrogens is 2. The number of pyridine rings is 1. The first-order valence-electron chi connectivity index (χ1n) is 6.91. The molecule has 0 aliphatic heterocycles. The number of nitrogens with zero attached hydrogens (tertiary/aromatic N) is 2. The minimum Gasteiger partial charge on any atom is -0.478 e. The summed E-state index contributed by atoms with van der Waals surface area (Å²) in [5.41, 5.74) is 3.28. The van der Waals surface area contributed by atoms with Crippen LogP contribution >= 0.6 is 0 Å². The van der Waals surface area contributed by atoms with Crippen molar-refractivity contribution in [3.05, 3.63) is 35.5 Å². The van der Waals surface area contributed by atoms with Gasteiger partial charge in [-0.15, -0.1) is 0 Å². The molecule has 0 radical (unpaired) electrons. The summed E-state index contributed by atoms with van der Waals surface area (Å²) >= 11 is 0. The Bertz CT molecular complexity index is 865. The van der Waals surface area contributed by atoms with Crippen molar-refractivity contribution in [1.82, 2.24) is 9.55 Å². The van der Waals surface area contributed by atoms with Crippen LogP contribution in [-0.4, -0.2) is 27.2 Å². The smallest absolute Gasteiger partial charge is 0.339 e. The summed E-state index contributed by atoms with van der Waals surface area (Å²) in [5.74, 6) is -0.953. The van der Waals surface area contributed by atoms with Gasteiger partial charge in [-0.2, -0.15) is 0 Å². The van der Waals surface area contributed by atoms with Crippen molar-refractivity contribution in [1.29, 1.82) is 0 Å². The van der Waals surface area contributed by atoms with E-state index in [9.17, 15) is 9.90 Å². The summed E-state index contributed by atoms with van der Waals surface area (Å²) in [5, 5.41) is 14.6. The van der Waals surface area contributed by atoms with E-state index in [0.29, 0.717) is 17.9 Å². The van der Waals surface area contributed by atoms with E-state index in [1.807, 2.05) is 42.8 Å². The number of carboxylic acids is 1. The molecule has 3 rings (SSSR count). The number of nitrogens with one attached hydrogen (secondary N) is 1. The highest BCUT2D eigenvalue weighted by atomic mass is 16.4. The number of aryl methyl sites for hydroxylation is 2. The molecule has 0 unspecified atom stereocenters. The Morgan fingerprint density at radius 2 is 2.10 bits per heavy atom. The molecule has 0 aliphatic carbocycles. The number of aromatic carboxylic acids is 1. The fraction of sp³-hybridized carbons (Fsp3) is 0.250. The van der Waals surface area contributed by atoms with Crippen LogP contribution in [0.25, 0.3) is 21.9 Å². The van der Waals surface area contributed by atoms with Crippen LogP contribution in [0.3, 0.4) is 0 Å². The summed E-state index contributed by atoms with van der Waals surface area (Å²) in [6, 6.07) is 7.95. The molecule has 5 heteroatoms. The first-order valence-corrected chi connectivity index (χ1v) is 6.91. The van der Waals surface area contributed by atoms with Crippen LogP contribution in [0.4, 0.5) is 5.69 Å². The van der Waals surface area contributed by atoms with Crippen molar-refractivity contribution in [2.75, 3.05) is 11.9 Å². The van der Waals surface area contributed by atoms with Crippen molar-refractivity contribution in [2.24, 2.45) is 7.05 Å². The molecule has 0 atom stereocenters. The molecule has 0 fully saturated rings. The molecule has 1 aromatic carbocycles. The fourth-order valence-electron chi connectivity index (χ4n) is 2.89. The van der Waals surface area contributed by atoms with Gasteiger partial charge in [0.05, 0.1) is 22.3 Å². The highest BCUT2D eigenvalue weighted by molar-refractivity contribution is 6.17. The molecule has 2 heterocycles. The number of benzene rings is 1. The van der Waals surface area contributed by atoms with E-state index in [0.717, 1.165) is 21.9 Å². The standard InChI is InChI=1S/C16H17N3O2/c1-4-17-14-12(16(20)21)9(2)18-15-13(14)10-7-5-6-8-11(10)19(15)3/h5-8H,4H2,1-3H3,(H,17,18)(H,20,21). The number of hydrogen-bond donors (Lipinski definition) is 2. The molecule has 0 aliphatic rings. The molecular formula is C16H17N3O2. The molecule has 0 saturated heterocycles. The average molecular weight is 283 g/mol. The zero-order valence-electron chi connectivity index (χ0n) is 12.3. The number of anilines is 1. The lowest BCUT2D eigenvalue weighted by Gasteiger charge is -2.12. The fourth-order valence-corrected chi connectivity index (χ4v) is 2.89. The quantitative estimate of drug-likeness (QED) is 0.774. The second-order valence-corrected chi connectivity index (χ2v) is 5.06. The van der Waals surface area contributed by atoms with Crippen molar-refractivity contribution >= 4 is 33.6 Å². The predicted octanol–water partition coefficient (Wildman–Crippen LogP) is 3.16. The lowest BCUT2D eigenvalue weighted by atomic mass is 10.1. The van der Waals surface area contributed by atoms with Gasteiger partial charge in [-0.25, -0.2) is 9.78 Å². The third kappa shape index (κ3) is 1.85. The van der Waals surface area contributed by atoms with Gasteiger partial charge in [0.15, 0.2) is 0 Å². The van der Waals surface area contributed by atoms with Crippen LogP contribution in [0.5, 0.6) is 0 Å².